The van der Waals surface area contributed by atoms with Crippen molar-refractivity contribution in [3.63, 3.8) is 0 Å². The van der Waals surface area contributed by atoms with Crippen LogP contribution in [0.3, 0.4) is 0 Å². The Morgan fingerprint density at radius 2 is 1.85 bits per heavy atom. The molecule has 3 rings (SSSR count). The Hall–Kier alpha value is -2.77. The van der Waals surface area contributed by atoms with Gasteiger partial charge in [0.15, 0.2) is 0 Å². The van der Waals surface area contributed by atoms with Crippen LogP contribution in [0.15, 0.2) is 63.8 Å². The molecule has 1 aromatic heterocycles. The summed E-state index contributed by atoms with van der Waals surface area (Å²) in [6, 6.07) is 14.8. The third-order valence-electron chi connectivity index (χ3n) is 3.92. The van der Waals surface area contributed by atoms with Crippen molar-refractivity contribution in [3.8, 4) is 11.5 Å². The highest BCUT2D eigenvalue weighted by molar-refractivity contribution is 7.98. The molecule has 1 heterocycles. The van der Waals surface area contributed by atoms with Crippen molar-refractivity contribution in [2.45, 2.75) is 12.5 Å². The number of hydrogen-bond acceptors (Lipinski definition) is 6. The van der Waals surface area contributed by atoms with Gasteiger partial charge in [-0.2, -0.15) is 11.8 Å². The monoisotopic (exact) mass is 384 g/mol. The fourth-order valence-corrected chi connectivity index (χ4v) is 2.95. The number of carbonyl (C=O) groups excluding carboxylic acids is 1. The van der Waals surface area contributed by atoms with Gasteiger partial charge >= 0.3 is 5.63 Å². The maximum absolute atomic E-state index is 12.0. The van der Waals surface area contributed by atoms with Crippen molar-refractivity contribution in [1.82, 2.24) is 0 Å². The van der Waals surface area contributed by atoms with Crippen LogP contribution in [0.1, 0.15) is 6.42 Å². The maximum atomic E-state index is 12.0. The summed E-state index contributed by atoms with van der Waals surface area (Å²) in [7, 11) is 0. The summed E-state index contributed by atoms with van der Waals surface area (Å²) >= 11 is 1.66. The van der Waals surface area contributed by atoms with Gasteiger partial charge in [0.25, 0.3) is 0 Å². The Bertz CT molecular complexity index is 985. The van der Waals surface area contributed by atoms with E-state index in [4.69, 9.17) is 14.9 Å². The summed E-state index contributed by atoms with van der Waals surface area (Å²) < 4.78 is 10.9. The zero-order valence-electron chi connectivity index (χ0n) is 14.8. The van der Waals surface area contributed by atoms with E-state index in [2.05, 4.69) is 5.32 Å². The summed E-state index contributed by atoms with van der Waals surface area (Å²) in [6.45, 7) is 0. The van der Waals surface area contributed by atoms with Gasteiger partial charge in [-0.05, 0) is 60.9 Å². The standard InChI is InChI=1S/C20H20N2O4S/c1-27-11-10-17(21)20(24)22-14-4-7-15(8-5-14)25-16-6-2-13-3-9-19(23)26-18(13)12-16/h2-9,12,17H,10-11,21H2,1H3,(H,22,24). The largest absolute Gasteiger partial charge is 0.457 e. The van der Waals surface area contributed by atoms with Gasteiger partial charge in [-0.3, -0.25) is 4.79 Å². The number of ether oxygens (including phenoxy) is 1. The first-order valence-corrected chi connectivity index (χ1v) is 9.82. The Morgan fingerprint density at radius 1 is 1.15 bits per heavy atom. The van der Waals surface area contributed by atoms with Crippen molar-refractivity contribution >= 4 is 34.3 Å². The molecule has 0 spiro atoms. The molecule has 27 heavy (non-hydrogen) atoms. The lowest BCUT2D eigenvalue weighted by Crippen LogP contribution is -2.36. The number of carbonyl (C=O) groups is 1. The van der Waals surface area contributed by atoms with Crippen molar-refractivity contribution in [3.05, 3.63) is 65.0 Å². The Labute approximate surface area is 160 Å². The van der Waals surface area contributed by atoms with Gasteiger partial charge in [-0.25, -0.2) is 4.79 Å². The second kappa shape index (κ2) is 8.75. The molecule has 140 valence electrons. The van der Waals surface area contributed by atoms with E-state index in [1.165, 1.54) is 6.07 Å². The number of anilines is 1. The fourth-order valence-electron chi connectivity index (χ4n) is 2.46. The molecule has 0 bridgehead atoms. The molecule has 0 aliphatic heterocycles. The van der Waals surface area contributed by atoms with E-state index in [-0.39, 0.29) is 5.91 Å². The van der Waals surface area contributed by atoms with Crippen molar-refractivity contribution in [1.29, 1.82) is 0 Å². The smallest absolute Gasteiger partial charge is 0.336 e. The molecule has 3 aromatic rings. The summed E-state index contributed by atoms with van der Waals surface area (Å²) in [5, 5.41) is 3.61. The van der Waals surface area contributed by atoms with Crippen LogP contribution in [0.25, 0.3) is 11.0 Å². The van der Waals surface area contributed by atoms with Crippen LogP contribution in [0, 0.1) is 0 Å². The summed E-state index contributed by atoms with van der Waals surface area (Å²) in [5.74, 6) is 1.78. The van der Waals surface area contributed by atoms with Gasteiger partial charge in [-0.15, -0.1) is 0 Å². The lowest BCUT2D eigenvalue weighted by molar-refractivity contribution is -0.117. The molecule has 0 radical (unpaired) electrons. The van der Waals surface area contributed by atoms with Crippen LogP contribution in [0.2, 0.25) is 0 Å². The van der Waals surface area contributed by atoms with Gasteiger partial charge in [0.05, 0.1) is 6.04 Å². The topological polar surface area (TPSA) is 94.6 Å². The van der Waals surface area contributed by atoms with E-state index in [0.717, 1.165) is 11.1 Å². The quantitative estimate of drug-likeness (QED) is 0.605. The average Bonchev–Trinajstić information content (AvgIpc) is 2.67. The minimum Gasteiger partial charge on any atom is -0.457 e. The van der Waals surface area contributed by atoms with E-state index >= 15 is 0 Å². The van der Waals surface area contributed by atoms with E-state index in [9.17, 15) is 9.59 Å². The first-order chi connectivity index (χ1) is 13.0. The summed E-state index contributed by atoms with van der Waals surface area (Å²) in [4.78, 5) is 23.4. The number of amides is 1. The Balaban J connectivity index is 1.65. The second-order valence-electron chi connectivity index (χ2n) is 5.96. The lowest BCUT2D eigenvalue weighted by Gasteiger charge is -2.12. The highest BCUT2D eigenvalue weighted by Gasteiger charge is 2.13. The molecule has 0 saturated carbocycles. The third-order valence-corrected chi connectivity index (χ3v) is 4.57. The molecule has 2 aromatic carbocycles. The van der Waals surface area contributed by atoms with Crippen molar-refractivity contribution in [2.24, 2.45) is 5.73 Å². The number of benzene rings is 2. The zero-order chi connectivity index (χ0) is 19.2. The molecule has 1 atom stereocenters. The van der Waals surface area contributed by atoms with E-state index < -0.39 is 11.7 Å². The predicted octanol–water partition coefficient (Wildman–Crippen LogP) is 3.60. The number of rotatable bonds is 7. The Kier molecular flexibility index (Phi) is 6.16. The predicted molar refractivity (Wildman–Crippen MR) is 109 cm³/mol. The highest BCUT2D eigenvalue weighted by atomic mass is 32.2. The van der Waals surface area contributed by atoms with Crippen molar-refractivity contribution in [2.75, 3.05) is 17.3 Å². The first-order valence-electron chi connectivity index (χ1n) is 8.42. The normalized spacial score (nSPS) is 11.9. The fraction of sp³-hybridized carbons (Fsp3) is 0.200. The van der Waals surface area contributed by atoms with Gasteiger partial charge in [0.1, 0.15) is 17.1 Å². The SMILES string of the molecule is CSCCC(N)C(=O)Nc1ccc(Oc2ccc3ccc(=O)oc3c2)cc1. The molecule has 3 N–H and O–H groups in total. The minimum absolute atomic E-state index is 0.206. The molecule has 6 nitrogen and oxygen atoms in total. The van der Waals surface area contributed by atoms with Crippen LogP contribution in [-0.2, 0) is 4.79 Å². The molecule has 0 saturated heterocycles. The van der Waals surface area contributed by atoms with Crippen LogP contribution in [-0.4, -0.2) is 24.0 Å². The van der Waals surface area contributed by atoms with Gasteiger partial charge in [-0.1, -0.05) is 0 Å². The molecule has 7 heteroatoms. The minimum atomic E-state index is -0.527. The molecule has 0 aliphatic rings. The third kappa shape index (κ3) is 5.12. The molecular formula is C20H20N2O4S. The zero-order valence-corrected chi connectivity index (χ0v) is 15.6. The van der Waals surface area contributed by atoms with Gasteiger partial charge < -0.3 is 20.2 Å². The highest BCUT2D eigenvalue weighted by Crippen LogP contribution is 2.26. The summed E-state index contributed by atoms with van der Waals surface area (Å²) in [6.07, 6.45) is 2.61. The van der Waals surface area contributed by atoms with Crippen LogP contribution in [0.5, 0.6) is 11.5 Å². The molecule has 1 unspecified atom stereocenters. The number of fused-ring (bicyclic) bond motifs is 1. The second-order valence-corrected chi connectivity index (χ2v) is 6.94. The number of nitrogens with two attached hydrogens (primary N) is 1. The van der Waals surface area contributed by atoms with Crippen molar-refractivity contribution < 1.29 is 13.9 Å². The van der Waals surface area contributed by atoms with E-state index in [1.807, 2.05) is 12.3 Å². The van der Waals surface area contributed by atoms with Gasteiger partial charge in [0, 0.05) is 23.2 Å². The van der Waals surface area contributed by atoms with E-state index in [1.54, 1.807) is 54.2 Å². The Morgan fingerprint density at radius 3 is 2.59 bits per heavy atom. The molecule has 0 aliphatic carbocycles. The van der Waals surface area contributed by atoms with Gasteiger partial charge in [0.2, 0.25) is 5.91 Å². The molecule has 1 amide bonds. The molecular weight excluding hydrogens is 364 g/mol. The number of hydrogen-bond donors (Lipinski definition) is 2. The number of nitrogens with one attached hydrogen (secondary N) is 1. The first kappa shape index (κ1) is 19.0. The van der Waals surface area contributed by atoms with Crippen LogP contribution in [0.4, 0.5) is 5.69 Å². The average molecular weight is 384 g/mol. The van der Waals surface area contributed by atoms with Crippen LogP contribution >= 0.6 is 11.8 Å². The molecule has 0 fully saturated rings. The van der Waals surface area contributed by atoms with E-state index in [0.29, 0.717) is 29.2 Å². The lowest BCUT2D eigenvalue weighted by atomic mass is 10.2. The summed E-state index contributed by atoms with van der Waals surface area (Å²) in [5.41, 5.74) is 6.56. The maximum Gasteiger partial charge on any atom is 0.336 e. The van der Waals surface area contributed by atoms with Crippen LogP contribution < -0.4 is 21.4 Å². The number of thioether (sulfide) groups is 1.